The maximum atomic E-state index is 12.3. The van der Waals surface area contributed by atoms with Crippen LogP contribution < -0.4 is 5.32 Å². The first-order chi connectivity index (χ1) is 8.31. The molecular weight excluding hydrogens is 230 g/mol. The summed E-state index contributed by atoms with van der Waals surface area (Å²) >= 11 is 0. The van der Waals surface area contributed by atoms with Crippen LogP contribution in [0.1, 0.15) is 32.6 Å². The lowest BCUT2D eigenvalue weighted by Gasteiger charge is -2.17. The molecule has 0 heterocycles. The van der Waals surface area contributed by atoms with E-state index >= 15 is 0 Å². The van der Waals surface area contributed by atoms with Gasteiger partial charge in [0.1, 0.15) is 0 Å². The van der Waals surface area contributed by atoms with Crippen molar-refractivity contribution in [1.29, 1.82) is 0 Å². The van der Waals surface area contributed by atoms with Crippen LogP contribution in [0.5, 0.6) is 0 Å². The minimum absolute atomic E-state index is 0.383. The topological polar surface area (TPSA) is 66.4 Å². The number of Topliss-reactive ketones (excluding diaryl/α,β-unsaturated/α-hetero) is 1. The molecule has 0 saturated carbocycles. The van der Waals surface area contributed by atoms with Crippen molar-refractivity contribution >= 4 is 11.8 Å². The van der Waals surface area contributed by atoms with Crippen molar-refractivity contribution in [1.82, 2.24) is 5.32 Å². The number of aliphatic carboxylic acids is 1. The smallest absolute Gasteiger partial charge is 0.328 e. The van der Waals surface area contributed by atoms with Crippen LogP contribution in [-0.2, 0) is 4.79 Å². The van der Waals surface area contributed by atoms with Crippen LogP contribution >= 0.6 is 0 Å². The Kier molecular flexibility index (Phi) is 4.24. The van der Waals surface area contributed by atoms with E-state index in [0.717, 1.165) is 22.3 Å². The molecule has 0 fully saturated rings. The summed E-state index contributed by atoms with van der Waals surface area (Å²) in [7, 11) is 1.48. The van der Waals surface area contributed by atoms with E-state index in [1.807, 2.05) is 33.8 Å². The van der Waals surface area contributed by atoms with Gasteiger partial charge in [0.05, 0.1) is 0 Å². The molecule has 1 aromatic carbocycles. The monoisotopic (exact) mass is 249 g/mol. The number of carboxylic acid groups (broad SMARTS) is 1. The molecule has 0 aliphatic carbocycles. The second kappa shape index (κ2) is 5.31. The highest BCUT2D eigenvalue weighted by Gasteiger charge is 2.28. The van der Waals surface area contributed by atoms with Gasteiger partial charge in [-0.15, -0.1) is 0 Å². The molecule has 18 heavy (non-hydrogen) atoms. The lowest BCUT2D eigenvalue weighted by Crippen LogP contribution is -2.42. The van der Waals surface area contributed by atoms with Crippen molar-refractivity contribution in [2.24, 2.45) is 0 Å². The summed E-state index contributed by atoms with van der Waals surface area (Å²) in [5, 5.41) is 11.6. The molecule has 0 radical (unpaired) electrons. The van der Waals surface area contributed by atoms with Gasteiger partial charge in [0.25, 0.3) is 0 Å². The zero-order valence-corrected chi connectivity index (χ0v) is 11.4. The van der Waals surface area contributed by atoms with Gasteiger partial charge < -0.3 is 10.4 Å². The largest absolute Gasteiger partial charge is 0.480 e. The second-order valence-electron chi connectivity index (χ2n) is 4.56. The van der Waals surface area contributed by atoms with Crippen molar-refractivity contribution in [3.63, 3.8) is 0 Å². The molecule has 0 aromatic heterocycles. The van der Waals surface area contributed by atoms with Gasteiger partial charge in [-0.3, -0.25) is 9.59 Å². The van der Waals surface area contributed by atoms with Crippen LogP contribution in [0.3, 0.4) is 0 Å². The zero-order chi connectivity index (χ0) is 14.0. The molecule has 0 amide bonds. The predicted molar refractivity (Wildman–Crippen MR) is 70.2 cm³/mol. The normalized spacial score (nSPS) is 12.3. The minimum Gasteiger partial charge on any atom is -0.480 e. The Hall–Kier alpha value is -1.68. The van der Waals surface area contributed by atoms with Crippen LogP contribution in [0.2, 0.25) is 0 Å². The van der Waals surface area contributed by atoms with E-state index in [9.17, 15) is 9.59 Å². The van der Waals surface area contributed by atoms with E-state index in [2.05, 4.69) is 5.32 Å². The summed E-state index contributed by atoms with van der Waals surface area (Å²) in [6, 6.07) is 0.819. The summed E-state index contributed by atoms with van der Waals surface area (Å²) in [5.74, 6) is -1.53. The number of carbonyl (C=O) groups excluding carboxylic acids is 1. The molecule has 1 atom stereocenters. The number of hydrogen-bond donors (Lipinski definition) is 2. The van der Waals surface area contributed by atoms with Gasteiger partial charge in [-0.05, 0) is 57.0 Å². The number of hydrogen-bond acceptors (Lipinski definition) is 3. The number of rotatable bonds is 4. The maximum Gasteiger partial charge on any atom is 0.328 e. The lowest BCUT2D eigenvalue weighted by atomic mass is 9.89. The number of nitrogens with one attached hydrogen (secondary N) is 1. The number of benzene rings is 1. The number of likely N-dealkylation sites (N-methyl/N-ethyl adjacent to an activating group) is 1. The molecule has 98 valence electrons. The Morgan fingerprint density at radius 2 is 1.56 bits per heavy atom. The molecule has 1 aromatic rings. The van der Waals surface area contributed by atoms with E-state index in [1.54, 1.807) is 0 Å². The molecular formula is C14H19NO3. The average Bonchev–Trinajstić information content (AvgIpc) is 2.27. The number of carboxylic acids is 1. The van der Waals surface area contributed by atoms with E-state index in [4.69, 9.17) is 5.11 Å². The third-order valence-electron chi connectivity index (χ3n) is 3.41. The summed E-state index contributed by atoms with van der Waals surface area (Å²) in [6.45, 7) is 7.55. The van der Waals surface area contributed by atoms with Gasteiger partial charge in [-0.1, -0.05) is 6.07 Å². The fourth-order valence-corrected chi connectivity index (χ4v) is 2.10. The van der Waals surface area contributed by atoms with Gasteiger partial charge in [-0.25, -0.2) is 0 Å². The van der Waals surface area contributed by atoms with Crippen LogP contribution in [0.25, 0.3) is 0 Å². The number of ketones is 1. The third kappa shape index (κ3) is 2.43. The third-order valence-corrected chi connectivity index (χ3v) is 3.41. The minimum atomic E-state index is -1.19. The van der Waals surface area contributed by atoms with Gasteiger partial charge in [0.15, 0.2) is 11.8 Å². The predicted octanol–water partition coefficient (Wildman–Crippen LogP) is 1.78. The molecule has 1 unspecified atom stereocenters. The van der Waals surface area contributed by atoms with E-state index < -0.39 is 12.0 Å². The van der Waals surface area contributed by atoms with Crippen molar-refractivity contribution in [3.8, 4) is 0 Å². The van der Waals surface area contributed by atoms with Crippen LogP contribution in [0.4, 0.5) is 0 Å². The Balaban J connectivity index is 3.41. The van der Waals surface area contributed by atoms with Gasteiger partial charge in [0, 0.05) is 5.56 Å². The Morgan fingerprint density at radius 3 is 1.89 bits per heavy atom. The Morgan fingerprint density at radius 1 is 1.11 bits per heavy atom. The Labute approximate surface area is 107 Å². The average molecular weight is 249 g/mol. The summed E-state index contributed by atoms with van der Waals surface area (Å²) in [5.41, 5.74) is 4.23. The highest BCUT2D eigenvalue weighted by Crippen LogP contribution is 2.23. The SMILES string of the molecule is CNC(C(=O)O)C(=O)c1c(C)c(C)cc(C)c1C. The van der Waals surface area contributed by atoms with Crippen molar-refractivity contribution in [2.45, 2.75) is 33.7 Å². The van der Waals surface area contributed by atoms with Crippen LogP contribution in [-0.4, -0.2) is 29.9 Å². The fourth-order valence-electron chi connectivity index (χ4n) is 2.10. The molecule has 1 rings (SSSR count). The van der Waals surface area contributed by atoms with Gasteiger partial charge in [0.2, 0.25) is 0 Å². The summed E-state index contributed by atoms with van der Waals surface area (Å²) in [4.78, 5) is 23.4. The molecule has 0 spiro atoms. The highest BCUT2D eigenvalue weighted by atomic mass is 16.4. The van der Waals surface area contributed by atoms with Gasteiger partial charge >= 0.3 is 5.97 Å². The number of carbonyl (C=O) groups is 2. The van der Waals surface area contributed by atoms with Crippen LogP contribution in [0.15, 0.2) is 6.07 Å². The van der Waals surface area contributed by atoms with E-state index in [-0.39, 0.29) is 5.78 Å². The van der Waals surface area contributed by atoms with Crippen LogP contribution in [0, 0.1) is 27.7 Å². The maximum absolute atomic E-state index is 12.3. The van der Waals surface area contributed by atoms with Crippen molar-refractivity contribution in [2.75, 3.05) is 7.05 Å². The highest BCUT2D eigenvalue weighted by molar-refractivity contribution is 6.13. The molecule has 0 aliphatic heterocycles. The first kappa shape index (κ1) is 14.4. The van der Waals surface area contributed by atoms with Crippen molar-refractivity contribution in [3.05, 3.63) is 33.9 Å². The lowest BCUT2D eigenvalue weighted by molar-refractivity contribution is -0.137. The van der Waals surface area contributed by atoms with E-state index in [0.29, 0.717) is 5.56 Å². The second-order valence-corrected chi connectivity index (χ2v) is 4.56. The molecule has 0 saturated heterocycles. The Bertz CT molecular complexity index is 480. The molecule has 2 N–H and O–H groups in total. The molecule has 0 aliphatic rings. The summed E-state index contributed by atoms with van der Waals surface area (Å²) < 4.78 is 0. The van der Waals surface area contributed by atoms with E-state index in [1.165, 1.54) is 7.05 Å². The summed E-state index contributed by atoms with van der Waals surface area (Å²) in [6.07, 6.45) is 0. The standard InChI is InChI=1S/C14H19NO3/c1-7-6-8(2)10(4)11(9(7)3)13(16)12(15-5)14(17)18/h6,12,15H,1-5H3,(H,17,18). The zero-order valence-electron chi connectivity index (χ0n) is 11.4. The molecule has 4 heteroatoms. The first-order valence-corrected chi connectivity index (χ1v) is 5.83. The van der Waals surface area contributed by atoms with Crippen molar-refractivity contribution < 1.29 is 14.7 Å². The van der Waals surface area contributed by atoms with Gasteiger partial charge in [-0.2, -0.15) is 0 Å². The first-order valence-electron chi connectivity index (χ1n) is 5.83. The molecule has 4 nitrogen and oxygen atoms in total. The quantitative estimate of drug-likeness (QED) is 0.630. The fraction of sp³-hybridized carbons (Fsp3) is 0.429. The molecule has 0 bridgehead atoms. The number of aryl methyl sites for hydroxylation is 2.